The lowest BCUT2D eigenvalue weighted by molar-refractivity contribution is 0.115. The van der Waals surface area contributed by atoms with Crippen molar-refractivity contribution in [3.8, 4) is 11.5 Å². The highest BCUT2D eigenvalue weighted by molar-refractivity contribution is 7.93. The Labute approximate surface area is 216 Å². The SMILES string of the molecule is COC(=O)N1CCC(S(=O)(=O)N(Cc2cn3ccc(-c4nnc(C(F)F)o4)cc3n2)c2ccccc2)CC1. The van der Waals surface area contributed by atoms with E-state index in [2.05, 4.69) is 15.2 Å². The molecular formula is C24H24F2N6O5S. The Morgan fingerprint density at radius 3 is 2.58 bits per heavy atom. The average molecular weight is 547 g/mol. The van der Waals surface area contributed by atoms with E-state index in [-0.39, 0.29) is 38.4 Å². The van der Waals surface area contributed by atoms with Crippen LogP contribution in [-0.4, -0.2) is 64.4 Å². The second-order valence-corrected chi connectivity index (χ2v) is 10.8. The van der Waals surface area contributed by atoms with Crippen LogP contribution in [0.15, 0.2) is 59.3 Å². The average Bonchev–Trinajstić information content (AvgIpc) is 3.59. The molecule has 11 nitrogen and oxygen atoms in total. The number of benzene rings is 1. The van der Waals surface area contributed by atoms with Crippen LogP contribution in [0.4, 0.5) is 19.3 Å². The molecule has 1 aromatic carbocycles. The summed E-state index contributed by atoms with van der Waals surface area (Å²) in [6, 6.07) is 11.9. The Kier molecular flexibility index (Phi) is 6.97. The third-order valence-corrected chi connectivity index (χ3v) is 8.61. The van der Waals surface area contributed by atoms with Crippen molar-refractivity contribution in [3.63, 3.8) is 0 Å². The quantitative estimate of drug-likeness (QED) is 0.342. The number of aromatic nitrogens is 4. The van der Waals surface area contributed by atoms with Crippen molar-refractivity contribution in [2.24, 2.45) is 0 Å². The van der Waals surface area contributed by atoms with Gasteiger partial charge in [0.15, 0.2) is 0 Å². The van der Waals surface area contributed by atoms with E-state index in [1.807, 2.05) is 0 Å². The number of carbonyl (C=O) groups excluding carboxylic acids is 1. The molecule has 4 heterocycles. The lowest BCUT2D eigenvalue weighted by atomic mass is 10.1. The van der Waals surface area contributed by atoms with Gasteiger partial charge in [-0.2, -0.15) is 8.78 Å². The molecule has 5 rings (SSSR count). The molecule has 0 saturated carbocycles. The molecule has 1 amide bonds. The topological polar surface area (TPSA) is 123 Å². The van der Waals surface area contributed by atoms with Crippen molar-refractivity contribution in [1.82, 2.24) is 24.5 Å². The number of amides is 1. The standard InChI is InChI=1S/C24H24F2N6O5S/c1-36-24(33)30-11-8-19(9-12-30)38(34,35)32(18-5-3-2-4-6-18)15-17-14-31-10-7-16(13-20(31)27-17)22-28-29-23(37-22)21(25)26/h2-7,10,13-14,19,21H,8-9,11-12,15H2,1H3. The number of hydrogen-bond donors (Lipinski definition) is 0. The summed E-state index contributed by atoms with van der Waals surface area (Å²) in [4.78, 5) is 17.9. The summed E-state index contributed by atoms with van der Waals surface area (Å²) in [6.45, 7) is 0.523. The smallest absolute Gasteiger partial charge is 0.409 e. The summed E-state index contributed by atoms with van der Waals surface area (Å²) in [7, 11) is -2.53. The van der Waals surface area contributed by atoms with E-state index >= 15 is 0 Å². The first-order chi connectivity index (χ1) is 18.3. The number of sulfonamides is 1. The van der Waals surface area contributed by atoms with Gasteiger partial charge >= 0.3 is 12.5 Å². The van der Waals surface area contributed by atoms with Crippen LogP contribution in [0.2, 0.25) is 0 Å². The zero-order valence-electron chi connectivity index (χ0n) is 20.3. The van der Waals surface area contributed by atoms with Crippen LogP contribution in [0.3, 0.4) is 0 Å². The highest BCUT2D eigenvalue weighted by atomic mass is 32.2. The molecule has 0 atom stereocenters. The number of methoxy groups -OCH3 is 1. The number of piperidine rings is 1. The Morgan fingerprint density at radius 2 is 1.92 bits per heavy atom. The third-order valence-electron chi connectivity index (χ3n) is 6.34. The molecular weight excluding hydrogens is 522 g/mol. The number of para-hydroxylation sites is 1. The van der Waals surface area contributed by atoms with Crippen LogP contribution in [0.5, 0.6) is 0 Å². The number of rotatable bonds is 7. The van der Waals surface area contributed by atoms with Crippen molar-refractivity contribution in [1.29, 1.82) is 0 Å². The zero-order chi connectivity index (χ0) is 26.9. The molecule has 0 radical (unpaired) electrons. The Morgan fingerprint density at radius 1 is 1.18 bits per heavy atom. The number of nitrogens with zero attached hydrogens (tertiary/aromatic N) is 6. The second-order valence-electron chi connectivity index (χ2n) is 8.70. The number of ether oxygens (including phenoxy) is 1. The number of alkyl halides is 2. The number of imidazole rings is 1. The molecule has 4 aromatic rings. The van der Waals surface area contributed by atoms with Gasteiger partial charge in [0.1, 0.15) is 5.65 Å². The van der Waals surface area contributed by atoms with Gasteiger partial charge < -0.3 is 18.5 Å². The predicted octanol–water partition coefficient (Wildman–Crippen LogP) is 3.89. The predicted molar refractivity (Wildman–Crippen MR) is 132 cm³/mol. The fourth-order valence-corrected chi connectivity index (χ4v) is 6.29. The maximum atomic E-state index is 13.8. The molecule has 3 aromatic heterocycles. The fourth-order valence-electron chi connectivity index (χ4n) is 4.40. The Hall–Kier alpha value is -4.07. The van der Waals surface area contributed by atoms with E-state index in [0.717, 1.165) is 0 Å². The number of likely N-dealkylation sites (tertiary alicyclic amines) is 1. The van der Waals surface area contributed by atoms with Gasteiger partial charge in [-0.15, -0.1) is 10.2 Å². The van der Waals surface area contributed by atoms with E-state index in [0.29, 0.717) is 22.6 Å². The van der Waals surface area contributed by atoms with Gasteiger partial charge in [0.25, 0.3) is 5.89 Å². The third kappa shape index (κ3) is 5.03. The van der Waals surface area contributed by atoms with Crippen LogP contribution in [-0.2, 0) is 21.3 Å². The molecule has 1 aliphatic heterocycles. The first-order valence-electron chi connectivity index (χ1n) is 11.8. The summed E-state index contributed by atoms with van der Waals surface area (Å²) >= 11 is 0. The van der Waals surface area contributed by atoms with Gasteiger partial charge in [-0.25, -0.2) is 18.2 Å². The van der Waals surface area contributed by atoms with Gasteiger partial charge in [0, 0.05) is 31.0 Å². The number of carbonyl (C=O) groups is 1. The van der Waals surface area contributed by atoms with Crippen molar-refractivity contribution >= 4 is 27.5 Å². The maximum absolute atomic E-state index is 13.8. The molecule has 1 fully saturated rings. The molecule has 0 unspecified atom stereocenters. The fraction of sp³-hybridized carbons (Fsp3) is 0.333. The molecule has 1 aliphatic rings. The highest BCUT2D eigenvalue weighted by Crippen LogP contribution is 2.29. The van der Waals surface area contributed by atoms with Crippen LogP contribution >= 0.6 is 0 Å². The molecule has 0 bridgehead atoms. The zero-order valence-corrected chi connectivity index (χ0v) is 21.1. The maximum Gasteiger partial charge on any atom is 0.409 e. The van der Waals surface area contributed by atoms with Gasteiger partial charge in [-0.1, -0.05) is 18.2 Å². The number of pyridine rings is 1. The summed E-state index contributed by atoms with van der Waals surface area (Å²) in [5.74, 6) is -0.843. The molecule has 14 heteroatoms. The largest absolute Gasteiger partial charge is 0.453 e. The number of fused-ring (bicyclic) bond motifs is 1. The van der Waals surface area contributed by atoms with Crippen LogP contribution in [0, 0.1) is 0 Å². The van der Waals surface area contributed by atoms with Gasteiger partial charge in [0.05, 0.1) is 30.3 Å². The lowest BCUT2D eigenvalue weighted by Crippen LogP contribution is -2.46. The Balaban J connectivity index is 1.42. The van der Waals surface area contributed by atoms with Crippen molar-refractivity contribution in [3.05, 3.63) is 66.4 Å². The van der Waals surface area contributed by atoms with Gasteiger partial charge in [-0.05, 0) is 37.1 Å². The van der Waals surface area contributed by atoms with E-state index in [4.69, 9.17) is 9.15 Å². The van der Waals surface area contributed by atoms with E-state index in [1.165, 1.54) is 16.3 Å². The minimum absolute atomic E-state index is 0.0311. The molecule has 38 heavy (non-hydrogen) atoms. The van der Waals surface area contributed by atoms with E-state index in [1.54, 1.807) is 59.3 Å². The van der Waals surface area contributed by atoms with Gasteiger partial charge in [-0.3, -0.25) is 4.31 Å². The summed E-state index contributed by atoms with van der Waals surface area (Å²) < 4.78 is 66.1. The number of anilines is 1. The molecule has 1 saturated heterocycles. The lowest BCUT2D eigenvalue weighted by Gasteiger charge is -2.34. The van der Waals surface area contributed by atoms with Crippen molar-refractivity contribution < 1.29 is 31.1 Å². The normalized spacial score (nSPS) is 14.8. The van der Waals surface area contributed by atoms with Crippen LogP contribution in [0.25, 0.3) is 17.1 Å². The number of halogens is 2. The highest BCUT2D eigenvalue weighted by Gasteiger charge is 2.36. The molecule has 0 spiro atoms. The minimum Gasteiger partial charge on any atom is -0.453 e. The first-order valence-corrected chi connectivity index (χ1v) is 13.3. The van der Waals surface area contributed by atoms with E-state index < -0.39 is 33.7 Å². The Bertz CT molecular complexity index is 1530. The van der Waals surface area contributed by atoms with Gasteiger partial charge in [0.2, 0.25) is 15.9 Å². The minimum atomic E-state index is -3.82. The van der Waals surface area contributed by atoms with Crippen LogP contribution in [0.1, 0.15) is 30.9 Å². The summed E-state index contributed by atoms with van der Waals surface area (Å²) in [5, 5.41) is 6.32. The monoisotopic (exact) mass is 546 g/mol. The summed E-state index contributed by atoms with van der Waals surface area (Å²) in [6.07, 6.45) is 0.549. The van der Waals surface area contributed by atoms with Crippen molar-refractivity contribution in [2.75, 3.05) is 24.5 Å². The summed E-state index contributed by atoms with van der Waals surface area (Å²) in [5.41, 5.74) is 1.82. The molecule has 0 N–H and O–H groups in total. The molecule has 0 aliphatic carbocycles. The van der Waals surface area contributed by atoms with E-state index in [9.17, 15) is 22.0 Å². The number of hydrogen-bond acceptors (Lipinski definition) is 8. The molecule has 200 valence electrons. The van der Waals surface area contributed by atoms with Crippen molar-refractivity contribution in [2.45, 2.75) is 31.1 Å². The van der Waals surface area contributed by atoms with Crippen LogP contribution < -0.4 is 4.31 Å². The first kappa shape index (κ1) is 25.6. The second kappa shape index (κ2) is 10.4.